The van der Waals surface area contributed by atoms with Crippen LogP contribution >= 0.6 is 0 Å². The van der Waals surface area contributed by atoms with Crippen LogP contribution in [0.3, 0.4) is 0 Å². The van der Waals surface area contributed by atoms with Gasteiger partial charge in [0.05, 0.1) is 4.92 Å². The van der Waals surface area contributed by atoms with Crippen molar-refractivity contribution in [3.63, 3.8) is 0 Å². The Kier molecular flexibility index (Phi) is 4.70. The lowest BCUT2D eigenvalue weighted by molar-refractivity contribution is -0.385. The average Bonchev–Trinajstić information content (AvgIpc) is 2.78. The van der Waals surface area contributed by atoms with Gasteiger partial charge in [-0.3, -0.25) is 19.6 Å². The van der Waals surface area contributed by atoms with Gasteiger partial charge in [0.2, 0.25) is 5.91 Å². The number of nitrogens with one attached hydrogen (secondary N) is 1. The topological polar surface area (TPSA) is 90.1 Å². The predicted octanol–water partition coefficient (Wildman–Crippen LogP) is 2.19. The molecule has 1 aromatic heterocycles. The minimum atomic E-state index is -0.535. The first kappa shape index (κ1) is 14.5. The fraction of sp³-hybridized carbons (Fsp3) is 0.692. The fourth-order valence-corrected chi connectivity index (χ4v) is 2.50. The van der Waals surface area contributed by atoms with Crippen LogP contribution in [0, 0.1) is 10.1 Å². The van der Waals surface area contributed by atoms with Gasteiger partial charge in [0.15, 0.2) is 0 Å². The van der Waals surface area contributed by atoms with E-state index in [4.69, 9.17) is 0 Å². The Morgan fingerprint density at radius 1 is 1.45 bits per heavy atom. The number of amides is 1. The molecule has 0 aromatic carbocycles. The maximum atomic E-state index is 12.2. The minimum Gasteiger partial charge on any atom is -0.352 e. The zero-order chi connectivity index (χ0) is 14.5. The summed E-state index contributed by atoms with van der Waals surface area (Å²) in [5, 5.41) is 17.5. The zero-order valence-electron chi connectivity index (χ0n) is 11.6. The van der Waals surface area contributed by atoms with E-state index < -0.39 is 11.0 Å². The molecule has 0 aliphatic heterocycles. The predicted molar refractivity (Wildman–Crippen MR) is 73.2 cm³/mol. The SMILES string of the molecule is C[C@@H](C(=O)NC1CCCCCC1)n1cc([N+](=O)[O-])cn1. The summed E-state index contributed by atoms with van der Waals surface area (Å²) < 4.78 is 1.34. The van der Waals surface area contributed by atoms with E-state index in [1.165, 1.54) is 23.7 Å². The van der Waals surface area contributed by atoms with Gasteiger partial charge in [0, 0.05) is 6.04 Å². The van der Waals surface area contributed by atoms with Gasteiger partial charge in [0.1, 0.15) is 18.4 Å². The lowest BCUT2D eigenvalue weighted by atomic mass is 10.1. The van der Waals surface area contributed by atoms with E-state index in [1.54, 1.807) is 6.92 Å². The van der Waals surface area contributed by atoms with Crippen molar-refractivity contribution in [1.82, 2.24) is 15.1 Å². The minimum absolute atomic E-state index is 0.0980. The molecule has 1 aromatic rings. The Morgan fingerprint density at radius 2 is 2.10 bits per heavy atom. The highest BCUT2D eigenvalue weighted by Crippen LogP contribution is 2.18. The third kappa shape index (κ3) is 3.55. The molecule has 110 valence electrons. The molecule has 20 heavy (non-hydrogen) atoms. The van der Waals surface area contributed by atoms with Crippen LogP contribution < -0.4 is 5.32 Å². The first-order chi connectivity index (χ1) is 9.58. The number of hydrogen-bond donors (Lipinski definition) is 1. The summed E-state index contributed by atoms with van der Waals surface area (Å²) >= 11 is 0. The van der Waals surface area contributed by atoms with E-state index in [0.29, 0.717) is 0 Å². The molecule has 0 unspecified atom stereocenters. The third-order valence-electron chi connectivity index (χ3n) is 3.78. The number of nitro groups is 1. The molecule has 0 spiro atoms. The zero-order valence-corrected chi connectivity index (χ0v) is 11.6. The largest absolute Gasteiger partial charge is 0.352 e. The van der Waals surface area contributed by atoms with E-state index in [-0.39, 0.29) is 17.6 Å². The first-order valence-corrected chi connectivity index (χ1v) is 7.07. The first-order valence-electron chi connectivity index (χ1n) is 7.07. The van der Waals surface area contributed by atoms with E-state index in [2.05, 4.69) is 10.4 Å². The van der Waals surface area contributed by atoms with Gasteiger partial charge in [-0.05, 0) is 19.8 Å². The van der Waals surface area contributed by atoms with Crippen LogP contribution in [0.1, 0.15) is 51.5 Å². The van der Waals surface area contributed by atoms with Gasteiger partial charge in [-0.25, -0.2) is 0 Å². The van der Waals surface area contributed by atoms with Crippen molar-refractivity contribution in [3.8, 4) is 0 Å². The number of carbonyl (C=O) groups excluding carboxylic acids is 1. The molecule has 0 saturated heterocycles. The van der Waals surface area contributed by atoms with E-state index in [0.717, 1.165) is 31.9 Å². The van der Waals surface area contributed by atoms with Gasteiger partial charge in [-0.2, -0.15) is 5.10 Å². The molecule has 7 nitrogen and oxygen atoms in total. The maximum Gasteiger partial charge on any atom is 0.307 e. The number of hydrogen-bond acceptors (Lipinski definition) is 4. The summed E-state index contributed by atoms with van der Waals surface area (Å²) in [5.74, 6) is -0.130. The molecule has 1 aliphatic rings. The van der Waals surface area contributed by atoms with E-state index in [9.17, 15) is 14.9 Å². The number of carbonyl (C=O) groups is 1. The molecule has 1 heterocycles. The lowest BCUT2D eigenvalue weighted by Gasteiger charge is -2.19. The Bertz CT molecular complexity index is 478. The van der Waals surface area contributed by atoms with Gasteiger partial charge in [-0.15, -0.1) is 0 Å². The Labute approximate surface area is 117 Å². The van der Waals surface area contributed by atoms with Crippen LogP contribution in [0.2, 0.25) is 0 Å². The van der Waals surface area contributed by atoms with Crippen LogP contribution in [0.15, 0.2) is 12.4 Å². The van der Waals surface area contributed by atoms with Crippen molar-refractivity contribution in [2.45, 2.75) is 57.5 Å². The molecule has 1 fully saturated rings. The van der Waals surface area contributed by atoms with Crippen molar-refractivity contribution < 1.29 is 9.72 Å². The monoisotopic (exact) mass is 280 g/mol. The number of nitrogens with zero attached hydrogens (tertiary/aromatic N) is 3. The number of rotatable bonds is 4. The highest BCUT2D eigenvalue weighted by Gasteiger charge is 2.22. The van der Waals surface area contributed by atoms with Crippen LogP contribution in [-0.2, 0) is 4.79 Å². The molecule has 0 radical (unpaired) electrons. The second kappa shape index (κ2) is 6.49. The smallest absolute Gasteiger partial charge is 0.307 e. The third-order valence-corrected chi connectivity index (χ3v) is 3.78. The van der Waals surface area contributed by atoms with E-state index in [1.807, 2.05) is 0 Å². The molecule has 7 heteroatoms. The fourth-order valence-electron chi connectivity index (χ4n) is 2.50. The molecule has 1 saturated carbocycles. The molecular formula is C13H20N4O3. The van der Waals surface area contributed by atoms with Crippen LogP contribution in [0.25, 0.3) is 0 Å². The molecular weight excluding hydrogens is 260 g/mol. The van der Waals surface area contributed by atoms with Crippen LogP contribution in [-0.4, -0.2) is 26.7 Å². The summed E-state index contributed by atoms with van der Waals surface area (Å²) in [4.78, 5) is 22.3. The summed E-state index contributed by atoms with van der Waals surface area (Å²) in [5.41, 5.74) is -0.0980. The van der Waals surface area contributed by atoms with Gasteiger partial charge in [0.25, 0.3) is 0 Å². The Hall–Kier alpha value is -1.92. The normalized spacial score (nSPS) is 18.2. The summed E-state index contributed by atoms with van der Waals surface area (Å²) in [6.45, 7) is 1.70. The second-order valence-electron chi connectivity index (χ2n) is 5.31. The highest BCUT2D eigenvalue weighted by atomic mass is 16.6. The van der Waals surface area contributed by atoms with Crippen molar-refractivity contribution in [2.24, 2.45) is 0 Å². The molecule has 1 aliphatic carbocycles. The van der Waals surface area contributed by atoms with Crippen molar-refractivity contribution in [3.05, 3.63) is 22.5 Å². The van der Waals surface area contributed by atoms with Crippen molar-refractivity contribution >= 4 is 11.6 Å². The average molecular weight is 280 g/mol. The van der Waals surface area contributed by atoms with Gasteiger partial charge in [-0.1, -0.05) is 25.7 Å². The van der Waals surface area contributed by atoms with Crippen LogP contribution in [0.4, 0.5) is 5.69 Å². The van der Waals surface area contributed by atoms with Gasteiger partial charge < -0.3 is 5.32 Å². The summed E-state index contributed by atoms with van der Waals surface area (Å²) in [7, 11) is 0. The quantitative estimate of drug-likeness (QED) is 0.520. The molecule has 0 bridgehead atoms. The molecule has 2 rings (SSSR count). The van der Waals surface area contributed by atoms with E-state index >= 15 is 0 Å². The lowest BCUT2D eigenvalue weighted by Crippen LogP contribution is -2.38. The molecule has 1 amide bonds. The second-order valence-corrected chi connectivity index (χ2v) is 5.31. The standard InChI is InChI=1S/C13H20N4O3/c1-10(16-9-12(8-14-16)17(19)20)13(18)15-11-6-4-2-3-5-7-11/h8-11H,2-7H2,1H3,(H,15,18)/t10-/m0/s1. The number of aromatic nitrogens is 2. The van der Waals surface area contributed by atoms with Crippen molar-refractivity contribution in [2.75, 3.05) is 0 Å². The maximum absolute atomic E-state index is 12.2. The molecule has 1 N–H and O–H groups in total. The van der Waals surface area contributed by atoms with Crippen LogP contribution in [0.5, 0.6) is 0 Å². The Morgan fingerprint density at radius 3 is 2.65 bits per heavy atom. The summed E-state index contributed by atoms with van der Waals surface area (Å²) in [6.07, 6.45) is 9.22. The highest BCUT2D eigenvalue weighted by molar-refractivity contribution is 5.80. The Balaban J connectivity index is 1.94. The van der Waals surface area contributed by atoms with Crippen molar-refractivity contribution in [1.29, 1.82) is 0 Å². The summed E-state index contributed by atoms with van der Waals surface area (Å²) in [6, 6.07) is -0.315. The molecule has 1 atom stereocenters. The van der Waals surface area contributed by atoms with Gasteiger partial charge >= 0.3 is 5.69 Å².